The zero-order chi connectivity index (χ0) is 16.9. The van der Waals surface area contributed by atoms with Crippen molar-refractivity contribution >= 4 is 5.91 Å². The van der Waals surface area contributed by atoms with Crippen molar-refractivity contribution in [1.82, 2.24) is 14.5 Å². The molecule has 25 heavy (non-hydrogen) atoms. The lowest BCUT2D eigenvalue weighted by Gasteiger charge is -2.61. The van der Waals surface area contributed by atoms with Gasteiger partial charge in [-0.2, -0.15) is 0 Å². The number of hydrogen-bond acceptors (Lipinski definition) is 2. The molecule has 0 N–H and O–H groups in total. The molecule has 2 aliphatic heterocycles. The number of fused-ring (bicyclic) bond motifs is 2. The third-order valence-corrected chi connectivity index (χ3v) is 6.63. The van der Waals surface area contributed by atoms with Gasteiger partial charge in [-0.3, -0.25) is 4.79 Å². The van der Waals surface area contributed by atoms with Crippen LogP contribution < -0.4 is 0 Å². The first-order chi connectivity index (χ1) is 12.3. The third-order valence-electron chi connectivity index (χ3n) is 6.63. The molecule has 5 rings (SSSR count). The monoisotopic (exact) mass is 335 g/mol. The van der Waals surface area contributed by atoms with Crippen LogP contribution in [0.1, 0.15) is 60.4 Å². The minimum absolute atomic E-state index is 0.0873. The highest BCUT2D eigenvalue weighted by molar-refractivity contribution is 5.94. The fourth-order valence-electron chi connectivity index (χ4n) is 5.35. The van der Waals surface area contributed by atoms with Crippen molar-refractivity contribution in [2.24, 2.45) is 5.92 Å². The van der Waals surface area contributed by atoms with E-state index in [0.717, 1.165) is 43.9 Å². The molecule has 4 heteroatoms. The van der Waals surface area contributed by atoms with Crippen LogP contribution in [0.4, 0.5) is 0 Å². The van der Waals surface area contributed by atoms with E-state index in [1.165, 1.54) is 31.2 Å². The Kier molecular flexibility index (Phi) is 3.47. The van der Waals surface area contributed by atoms with E-state index >= 15 is 0 Å². The smallest absolute Gasteiger partial charge is 0.272 e. The van der Waals surface area contributed by atoms with Gasteiger partial charge in [-0.15, -0.1) is 0 Å². The predicted molar refractivity (Wildman–Crippen MR) is 96.3 cm³/mol. The molecule has 0 radical (unpaired) electrons. The maximum Gasteiger partial charge on any atom is 0.272 e. The summed E-state index contributed by atoms with van der Waals surface area (Å²) in [6.45, 7) is 1.83. The first kappa shape index (κ1) is 15.2. The maximum atomic E-state index is 13.5. The molecular formula is C21H25N3O. The lowest BCUT2D eigenvalue weighted by Crippen LogP contribution is -2.67. The van der Waals surface area contributed by atoms with Gasteiger partial charge in [0, 0.05) is 25.4 Å². The zero-order valence-electron chi connectivity index (χ0n) is 14.7. The molecule has 130 valence electrons. The molecular weight excluding hydrogens is 310 g/mol. The summed E-state index contributed by atoms with van der Waals surface area (Å²) in [6, 6.07) is 10.7. The average molecular weight is 335 g/mol. The second-order valence-electron chi connectivity index (χ2n) is 7.82. The fraction of sp³-hybridized carbons (Fsp3) is 0.524. The summed E-state index contributed by atoms with van der Waals surface area (Å²) in [5.41, 5.74) is 2.03. The standard InChI is InChI=1S/C21H25N3O/c25-20(18-14-22-19-11-5-7-13-23(18)19)24-15-17-10-4-6-12-21(17,24)16-8-2-1-3-9-16/h1-3,8-9,14,17H,4-7,10-13,15H2/t17-,21+/m1/s1. The van der Waals surface area contributed by atoms with Crippen LogP contribution in [0, 0.1) is 5.92 Å². The number of aryl methyl sites for hydroxylation is 1. The lowest BCUT2D eigenvalue weighted by molar-refractivity contribution is -0.0874. The van der Waals surface area contributed by atoms with Crippen molar-refractivity contribution in [2.45, 2.75) is 57.0 Å². The van der Waals surface area contributed by atoms with E-state index in [-0.39, 0.29) is 11.4 Å². The fourth-order valence-corrected chi connectivity index (χ4v) is 5.35. The Bertz CT molecular complexity index is 797. The molecule has 1 saturated carbocycles. The number of aromatic nitrogens is 2. The first-order valence-electron chi connectivity index (χ1n) is 9.72. The van der Waals surface area contributed by atoms with Crippen LogP contribution in [0.3, 0.4) is 0 Å². The van der Waals surface area contributed by atoms with Gasteiger partial charge >= 0.3 is 0 Å². The summed E-state index contributed by atoms with van der Waals surface area (Å²) in [5, 5.41) is 0. The molecule has 1 aromatic heterocycles. The number of carbonyl (C=O) groups is 1. The number of amides is 1. The van der Waals surface area contributed by atoms with Crippen LogP contribution in [0.25, 0.3) is 0 Å². The summed E-state index contributed by atoms with van der Waals surface area (Å²) in [6.07, 6.45) is 9.98. The van der Waals surface area contributed by atoms with E-state index in [9.17, 15) is 4.79 Å². The third kappa shape index (κ3) is 2.12. The van der Waals surface area contributed by atoms with Gasteiger partial charge in [-0.05, 0) is 31.2 Å². The number of hydrogen-bond donors (Lipinski definition) is 0. The molecule has 1 amide bonds. The molecule has 2 atom stereocenters. The molecule has 0 spiro atoms. The van der Waals surface area contributed by atoms with Gasteiger partial charge in [0.05, 0.1) is 11.7 Å². The van der Waals surface area contributed by atoms with Crippen molar-refractivity contribution < 1.29 is 4.79 Å². The van der Waals surface area contributed by atoms with Crippen LogP contribution >= 0.6 is 0 Å². The molecule has 3 aliphatic rings. The van der Waals surface area contributed by atoms with E-state index in [0.29, 0.717) is 5.92 Å². The largest absolute Gasteiger partial charge is 0.327 e. The predicted octanol–water partition coefficient (Wildman–Crippen LogP) is 3.76. The minimum Gasteiger partial charge on any atom is -0.327 e. The molecule has 0 bridgehead atoms. The van der Waals surface area contributed by atoms with Crippen molar-refractivity contribution in [2.75, 3.05) is 6.54 Å². The van der Waals surface area contributed by atoms with Gasteiger partial charge in [-0.25, -0.2) is 4.98 Å². The molecule has 1 aliphatic carbocycles. The number of nitrogens with zero attached hydrogens (tertiary/aromatic N) is 3. The molecule has 1 saturated heterocycles. The molecule has 2 aromatic rings. The first-order valence-corrected chi connectivity index (χ1v) is 9.72. The molecule has 4 nitrogen and oxygen atoms in total. The zero-order valence-corrected chi connectivity index (χ0v) is 14.7. The lowest BCUT2D eigenvalue weighted by atomic mass is 9.61. The van der Waals surface area contributed by atoms with Gasteiger partial charge in [0.15, 0.2) is 0 Å². The van der Waals surface area contributed by atoms with Crippen molar-refractivity contribution in [3.05, 3.63) is 53.6 Å². The van der Waals surface area contributed by atoms with Gasteiger partial charge < -0.3 is 9.47 Å². The minimum atomic E-state index is -0.0873. The van der Waals surface area contributed by atoms with Crippen LogP contribution in [0.5, 0.6) is 0 Å². The second-order valence-corrected chi connectivity index (χ2v) is 7.82. The highest BCUT2D eigenvalue weighted by Gasteiger charge is 2.57. The van der Waals surface area contributed by atoms with E-state index < -0.39 is 0 Å². The summed E-state index contributed by atoms with van der Waals surface area (Å²) >= 11 is 0. The summed E-state index contributed by atoms with van der Waals surface area (Å²) in [7, 11) is 0. The van der Waals surface area contributed by atoms with E-state index in [1.807, 2.05) is 6.20 Å². The van der Waals surface area contributed by atoms with Crippen molar-refractivity contribution in [3.8, 4) is 0 Å². The summed E-state index contributed by atoms with van der Waals surface area (Å²) < 4.78 is 2.17. The molecule has 3 heterocycles. The topological polar surface area (TPSA) is 38.1 Å². The van der Waals surface area contributed by atoms with Gasteiger partial charge in [0.1, 0.15) is 11.5 Å². The number of benzene rings is 1. The molecule has 0 unspecified atom stereocenters. The number of likely N-dealkylation sites (tertiary alicyclic amines) is 1. The number of rotatable bonds is 2. The van der Waals surface area contributed by atoms with Crippen LogP contribution in [-0.2, 0) is 18.5 Å². The van der Waals surface area contributed by atoms with Crippen LogP contribution in [-0.4, -0.2) is 26.9 Å². The molecule has 1 aromatic carbocycles. The maximum absolute atomic E-state index is 13.5. The normalized spacial score (nSPS) is 28.0. The SMILES string of the molecule is O=C(c1cnc2n1CCCC2)N1C[C@H]2CCCC[C@]21c1ccccc1. The Morgan fingerprint density at radius 2 is 2.00 bits per heavy atom. The number of carbonyl (C=O) groups excluding carboxylic acids is 1. The van der Waals surface area contributed by atoms with E-state index in [2.05, 4.69) is 44.8 Å². The highest BCUT2D eigenvalue weighted by atomic mass is 16.2. The Morgan fingerprint density at radius 3 is 2.84 bits per heavy atom. The summed E-state index contributed by atoms with van der Waals surface area (Å²) in [5.74, 6) is 1.88. The summed E-state index contributed by atoms with van der Waals surface area (Å²) in [4.78, 5) is 20.1. The van der Waals surface area contributed by atoms with Gasteiger partial charge in [0.25, 0.3) is 5.91 Å². The average Bonchev–Trinajstić information content (AvgIpc) is 3.08. The Hall–Kier alpha value is -2.10. The van der Waals surface area contributed by atoms with E-state index in [1.54, 1.807) is 0 Å². The van der Waals surface area contributed by atoms with Gasteiger partial charge in [0.2, 0.25) is 0 Å². The van der Waals surface area contributed by atoms with Crippen LogP contribution in [0.15, 0.2) is 36.5 Å². The Morgan fingerprint density at radius 1 is 1.12 bits per heavy atom. The van der Waals surface area contributed by atoms with Crippen LogP contribution in [0.2, 0.25) is 0 Å². The molecule has 2 fully saturated rings. The van der Waals surface area contributed by atoms with E-state index in [4.69, 9.17) is 0 Å². The highest BCUT2D eigenvalue weighted by Crippen LogP contribution is 2.54. The second kappa shape index (κ2) is 5.72. The van der Waals surface area contributed by atoms with Crippen molar-refractivity contribution in [1.29, 1.82) is 0 Å². The van der Waals surface area contributed by atoms with Crippen molar-refractivity contribution in [3.63, 3.8) is 0 Å². The Balaban J connectivity index is 1.53. The quantitative estimate of drug-likeness (QED) is 0.838. The van der Waals surface area contributed by atoms with Gasteiger partial charge in [-0.1, -0.05) is 43.2 Å². The Labute approximate surface area is 148 Å². The number of imidazole rings is 1.